The third kappa shape index (κ3) is 7.40. The van der Waals surface area contributed by atoms with Gasteiger partial charge in [0.25, 0.3) is 0 Å². The molecule has 0 spiro atoms. The number of benzene rings is 2. The number of halogens is 1. The minimum Gasteiger partial charge on any atom is -0.465 e. The van der Waals surface area contributed by atoms with Crippen molar-refractivity contribution in [1.29, 1.82) is 0 Å². The highest BCUT2D eigenvalue weighted by Gasteiger charge is 2.39. The first-order chi connectivity index (χ1) is 20.4. The Hall–Kier alpha value is -3.39. The van der Waals surface area contributed by atoms with E-state index in [2.05, 4.69) is 40.7 Å². The van der Waals surface area contributed by atoms with Crippen LogP contribution in [0.5, 0.6) is 0 Å². The van der Waals surface area contributed by atoms with Gasteiger partial charge in [0.15, 0.2) is 0 Å². The normalized spacial score (nSPS) is 18.1. The van der Waals surface area contributed by atoms with Crippen molar-refractivity contribution in [3.05, 3.63) is 70.9 Å². The summed E-state index contributed by atoms with van der Waals surface area (Å²) in [6, 6.07) is 16.3. The number of methoxy groups -OCH3 is 1. The highest BCUT2D eigenvalue weighted by Crippen LogP contribution is 2.33. The molecular weight excluding hydrogens is 545 g/mol. The molecule has 2 saturated heterocycles. The number of likely N-dealkylation sites (tertiary alicyclic amines) is 2. The molecule has 2 fully saturated rings. The van der Waals surface area contributed by atoms with Crippen molar-refractivity contribution in [3.8, 4) is 0 Å². The number of hydrogen-bond donors (Lipinski definition) is 0. The first-order valence-electron chi connectivity index (χ1n) is 15.6. The number of para-hydroxylation sites is 1. The van der Waals surface area contributed by atoms with Gasteiger partial charge in [-0.15, -0.1) is 0 Å². The van der Waals surface area contributed by atoms with Crippen molar-refractivity contribution in [3.63, 3.8) is 0 Å². The molecule has 0 aliphatic carbocycles. The van der Waals surface area contributed by atoms with E-state index in [1.54, 1.807) is 4.90 Å². The number of carbonyl (C=O) groups excluding carboxylic acids is 2. The van der Waals surface area contributed by atoms with Crippen LogP contribution in [0.4, 0.5) is 9.18 Å². The van der Waals surface area contributed by atoms with E-state index in [0.29, 0.717) is 44.0 Å². The number of rotatable bonds is 7. The number of aromatic nitrogens is 1. The molecule has 8 heteroatoms. The molecule has 232 valence electrons. The van der Waals surface area contributed by atoms with Crippen molar-refractivity contribution < 1.29 is 23.5 Å². The Morgan fingerprint density at radius 1 is 0.977 bits per heavy atom. The highest BCUT2D eigenvalue weighted by atomic mass is 19.1. The molecule has 2 aromatic carbocycles. The van der Waals surface area contributed by atoms with Crippen LogP contribution in [0.2, 0.25) is 0 Å². The summed E-state index contributed by atoms with van der Waals surface area (Å²) in [7, 11) is 1.40. The number of piperidine rings is 2. The molecule has 3 heterocycles. The van der Waals surface area contributed by atoms with Gasteiger partial charge in [0.05, 0.1) is 12.7 Å². The first-order valence-corrected chi connectivity index (χ1v) is 15.6. The number of ether oxygens (including phenoxy) is 2. The third-order valence-electron chi connectivity index (χ3n) is 9.08. The largest absolute Gasteiger partial charge is 0.465 e. The summed E-state index contributed by atoms with van der Waals surface area (Å²) in [5, 5.41) is 1.27. The number of esters is 1. The second-order valence-electron chi connectivity index (χ2n) is 13.4. The van der Waals surface area contributed by atoms with Crippen LogP contribution in [0.1, 0.15) is 73.6 Å². The monoisotopic (exact) mass is 591 g/mol. The quantitative estimate of drug-likeness (QED) is 0.284. The Morgan fingerprint density at radius 3 is 2.26 bits per heavy atom. The van der Waals surface area contributed by atoms with Crippen LogP contribution in [0.3, 0.4) is 0 Å². The lowest BCUT2D eigenvalue weighted by molar-refractivity contribution is -0.00947. The first kappa shape index (κ1) is 31.0. The van der Waals surface area contributed by atoms with E-state index in [9.17, 15) is 9.59 Å². The van der Waals surface area contributed by atoms with Crippen LogP contribution < -0.4 is 0 Å². The summed E-state index contributed by atoms with van der Waals surface area (Å²) in [6.07, 6.45) is 3.24. The molecule has 2 aliphatic rings. The van der Waals surface area contributed by atoms with Crippen LogP contribution >= 0.6 is 0 Å². The van der Waals surface area contributed by atoms with Gasteiger partial charge in [-0.05, 0) is 95.3 Å². The zero-order valence-corrected chi connectivity index (χ0v) is 26.3. The Bertz CT molecular complexity index is 1430. The Kier molecular flexibility index (Phi) is 9.16. The predicted molar refractivity (Wildman–Crippen MR) is 167 cm³/mol. The molecule has 0 atom stereocenters. The highest BCUT2D eigenvalue weighted by molar-refractivity contribution is 5.89. The zero-order chi connectivity index (χ0) is 30.8. The zero-order valence-electron chi connectivity index (χ0n) is 26.3. The Morgan fingerprint density at radius 2 is 1.63 bits per heavy atom. The number of alkyl halides is 1. The van der Waals surface area contributed by atoms with E-state index < -0.39 is 11.3 Å². The van der Waals surface area contributed by atoms with Gasteiger partial charge in [-0.2, -0.15) is 0 Å². The predicted octanol–water partition coefficient (Wildman–Crippen LogP) is 6.78. The maximum atomic E-state index is 15.8. The third-order valence-corrected chi connectivity index (χ3v) is 9.08. The standard InChI is InChI=1S/C35H46FN3O4/c1-25-30(22-26-10-12-28(13-11-26)32(40)42-5)29-8-6-7-9-31(29)39(25)23-27-14-18-37(19-15-27)24-35(36)16-20-38(21-17-35)33(41)43-34(2,3)4/h6-13,27H,14-24H2,1-5H3. The number of nitrogens with zero attached hydrogens (tertiary/aromatic N) is 3. The lowest BCUT2D eigenvalue weighted by atomic mass is 9.90. The second-order valence-corrected chi connectivity index (χ2v) is 13.4. The number of carbonyl (C=O) groups is 2. The van der Waals surface area contributed by atoms with Crippen LogP contribution in [-0.2, 0) is 22.4 Å². The molecule has 5 rings (SSSR count). The molecule has 43 heavy (non-hydrogen) atoms. The summed E-state index contributed by atoms with van der Waals surface area (Å²) >= 11 is 0. The van der Waals surface area contributed by atoms with Crippen molar-refractivity contribution in [1.82, 2.24) is 14.4 Å². The summed E-state index contributed by atoms with van der Waals surface area (Å²) in [4.78, 5) is 28.2. The van der Waals surface area contributed by atoms with E-state index in [1.165, 1.54) is 29.3 Å². The van der Waals surface area contributed by atoms with Gasteiger partial charge >= 0.3 is 12.1 Å². The van der Waals surface area contributed by atoms with E-state index in [4.69, 9.17) is 9.47 Å². The van der Waals surface area contributed by atoms with Crippen LogP contribution in [-0.4, -0.2) is 77.5 Å². The van der Waals surface area contributed by atoms with Crippen molar-refractivity contribution in [2.45, 2.75) is 77.6 Å². The van der Waals surface area contributed by atoms with E-state index in [-0.39, 0.29) is 12.1 Å². The summed E-state index contributed by atoms with van der Waals surface area (Å²) < 4.78 is 28.6. The van der Waals surface area contributed by atoms with Gasteiger partial charge in [-0.1, -0.05) is 30.3 Å². The van der Waals surface area contributed by atoms with Crippen LogP contribution in [0.15, 0.2) is 48.5 Å². The maximum absolute atomic E-state index is 15.8. The lowest BCUT2D eigenvalue weighted by Crippen LogP contribution is -2.51. The van der Waals surface area contributed by atoms with Gasteiger partial charge in [-0.3, -0.25) is 0 Å². The van der Waals surface area contributed by atoms with Crippen molar-refractivity contribution >= 4 is 23.0 Å². The molecule has 3 aromatic rings. The molecule has 1 aromatic heterocycles. The molecular formula is C35H46FN3O4. The summed E-state index contributed by atoms with van der Waals surface area (Å²) in [6.45, 7) is 11.7. The molecule has 7 nitrogen and oxygen atoms in total. The molecule has 0 N–H and O–H groups in total. The average molecular weight is 592 g/mol. The van der Waals surface area contributed by atoms with E-state index >= 15 is 4.39 Å². The molecule has 0 bridgehead atoms. The molecule has 0 unspecified atom stereocenters. The minimum atomic E-state index is -1.26. The van der Waals surface area contributed by atoms with E-state index in [0.717, 1.165) is 44.5 Å². The summed E-state index contributed by atoms with van der Waals surface area (Å²) in [5.41, 5.74) is 3.75. The van der Waals surface area contributed by atoms with Crippen LogP contribution in [0.25, 0.3) is 10.9 Å². The molecule has 0 saturated carbocycles. The minimum absolute atomic E-state index is 0.323. The Balaban J connectivity index is 1.18. The number of fused-ring (bicyclic) bond motifs is 1. The topological polar surface area (TPSA) is 64.0 Å². The average Bonchev–Trinajstić information content (AvgIpc) is 3.23. The van der Waals surface area contributed by atoms with Gasteiger partial charge < -0.3 is 23.8 Å². The molecule has 1 amide bonds. The lowest BCUT2D eigenvalue weighted by Gasteiger charge is -2.41. The number of hydrogen-bond acceptors (Lipinski definition) is 5. The van der Waals surface area contributed by atoms with Crippen molar-refractivity contribution in [2.24, 2.45) is 5.92 Å². The fourth-order valence-electron chi connectivity index (χ4n) is 6.60. The van der Waals surface area contributed by atoms with Gasteiger partial charge in [0, 0.05) is 55.6 Å². The fraction of sp³-hybridized carbons (Fsp3) is 0.543. The SMILES string of the molecule is COC(=O)c1ccc(Cc2c(C)n(CC3CCN(CC4(F)CCN(C(=O)OC(C)(C)C)CC4)CC3)c3ccccc23)cc1. The van der Waals surface area contributed by atoms with Crippen LogP contribution in [0, 0.1) is 12.8 Å². The van der Waals surface area contributed by atoms with Gasteiger partial charge in [0.1, 0.15) is 11.3 Å². The fourth-order valence-corrected chi connectivity index (χ4v) is 6.60. The molecule has 2 aliphatic heterocycles. The van der Waals surface area contributed by atoms with Gasteiger partial charge in [0.2, 0.25) is 0 Å². The maximum Gasteiger partial charge on any atom is 0.410 e. The smallest absolute Gasteiger partial charge is 0.410 e. The summed E-state index contributed by atoms with van der Waals surface area (Å²) in [5.74, 6) is 0.207. The second kappa shape index (κ2) is 12.7. The molecule has 0 radical (unpaired) electrons. The van der Waals surface area contributed by atoms with E-state index in [1.807, 2.05) is 45.0 Å². The van der Waals surface area contributed by atoms with Crippen molar-refractivity contribution in [2.75, 3.05) is 39.8 Å². The van der Waals surface area contributed by atoms with Gasteiger partial charge in [-0.25, -0.2) is 14.0 Å². The number of amides is 1. The Labute approximate surface area is 254 Å².